The molecule has 3 rings (SSSR count). The number of benzene rings is 3. The normalized spacial score (nSPS) is 11.2. The van der Waals surface area contributed by atoms with Gasteiger partial charge in [-0.3, -0.25) is 19.2 Å². The second kappa shape index (κ2) is 11.1. The molecule has 0 spiro atoms. The summed E-state index contributed by atoms with van der Waals surface area (Å²) in [5.41, 5.74) is 2.85. The molecule has 1 N–H and O–H groups in total. The lowest BCUT2D eigenvalue weighted by Crippen LogP contribution is -2.39. The third-order valence-corrected chi connectivity index (χ3v) is 6.33. The summed E-state index contributed by atoms with van der Waals surface area (Å²) in [6, 6.07) is 19.8. The van der Waals surface area contributed by atoms with Crippen molar-refractivity contribution in [1.29, 1.82) is 0 Å². The van der Waals surface area contributed by atoms with Gasteiger partial charge in [0.15, 0.2) is 0 Å². The average Bonchev–Trinajstić information content (AvgIpc) is 2.84. The van der Waals surface area contributed by atoms with Crippen LogP contribution in [0.25, 0.3) is 0 Å². The first-order valence-corrected chi connectivity index (χ1v) is 11.6. The smallest absolute Gasteiger partial charge is 0.270 e. The molecule has 11 heteroatoms. The van der Waals surface area contributed by atoms with Gasteiger partial charge in [-0.1, -0.05) is 30.3 Å². The molecular weight excluding hydrogens is 460 g/mol. The van der Waals surface area contributed by atoms with Gasteiger partial charge in [-0.15, -0.1) is 0 Å². The first kappa shape index (κ1) is 24.4. The molecule has 0 aliphatic rings. The maximum atomic E-state index is 13.3. The quantitative estimate of drug-likeness (QED) is 0.268. The van der Waals surface area contributed by atoms with Crippen LogP contribution in [0.1, 0.15) is 12.5 Å². The molecule has 0 bridgehead atoms. The summed E-state index contributed by atoms with van der Waals surface area (Å²) in [6.45, 7) is 1.73. The van der Waals surface area contributed by atoms with E-state index in [2.05, 4.69) is 10.5 Å². The number of anilines is 1. The fourth-order valence-corrected chi connectivity index (χ4v) is 4.40. The Bertz CT molecular complexity index is 1280. The van der Waals surface area contributed by atoms with Crippen LogP contribution < -0.4 is 14.5 Å². The van der Waals surface area contributed by atoms with Crippen molar-refractivity contribution >= 4 is 33.5 Å². The van der Waals surface area contributed by atoms with Gasteiger partial charge in [0.25, 0.3) is 21.6 Å². The van der Waals surface area contributed by atoms with E-state index in [4.69, 9.17) is 4.74 Å². The monoisotopic (exact) mass is 482 g/mol. The van der Waals surface area contributed by atoms with Crippen molar-refractivity contribution in [3.8, 4) is 5.75 Å². The number of non-ortho nitro benzene ring substituents is 1. The Morgan fingerprint density at radius 2 is 1.79 bits per heavy atom. The number of carbonyl (C=O) groups is 1. The maximum absolute atomic E-state index is 13.3. The summed E-state index contributed by atoms with van der Waals surface area (Å²) < 4.78 is 33.0. The number of hydrazone groups is 1. The second-order valence-electron chi connectivity index (χ2n) is 6.90. The van der Waals surface area contributed by atoms with Crippen molar-refractivity contribution < 1.29 is 22.9 Å². The minimum Gasteiger partial charge on any atom is -0.494 e. The summed E-state index contributed by atoms with van der Waals surface area (Å²) in [7, 11) is -4.08. The lowest BCUT2D eigenvalue weighted by molar-refractivity contribution is -0.384. The minimum absolute atomic E-state index is 0.00676. The fourth-order valence-electron chi connectivity index (χ4n) is 2.97. The van der Waals surface area contributed by atoms with E-state index in [9.17, 15) is 23.3 Å². The molecule has 0 aromatic heterocycles. The van der Waals surface area contributed by atoms with Gasteiger partial charge >= 0.3 is 0 Å². The van der Waals surface area contributed by atoms with Gasteiger partial charge in [-0.25, -0.2) is 13.8 Å². The number of rotatable bonds is 10. The van der Waals surface area contributed by atoms with E-state index in [-0.39, 0.29) is 10.6 Å². The Balaban J connectivity index is 1.79. The Hall–Kier alpha value is -4.25. The number of para-hydroxylation sites is 1. The highest BCUT2D eigenvalue weighted by atomic mass is 32.2. The molecule has 34 heavy (non-hydrogen) atoms. The molecule has 0 unspecified atom stereocenters. The molecular formula is C23H22N4O6S. The SMILES string of the molecule is CCOc1ccc(S(=O)(=O)N(CC(=O)N/N=C\c2cccc([N+](=O)[O-])c2)c2ccccc2)cc1. The number of sulfonamides is 1. The Labute approximate surface area is 196 Å². The highest BCUT2D eigenvalue weighted by Crippen LogP contribution is 2.25. The third kappa shape index (κ3) is 6.17. The van der Waals surface area contributed by atoms with Crippen molar-refractivity contribution in [3.05, 3.63) is 94.5 Å². The number of ether oxygens (including phenoxy) is 1. The molecule has 0 fully saturated rings. The summed E-state index contributed by atoms with van der Waals surface area (Å²) in [6.07, 6.45) is 1.23. The van der Waals surface area contributed by atoms with Gasteiger partial charge in [0.2, 0.25) is 0 Å². The molecule has 0 saturated carbocycles. The predicted molar refractivity (Wildman–Crippen MR) is 127 cm³/mol. The van der Waals surface area contributed by atoms with Crippen LogP contribution in [0.4, 0.5) is 11.4 Å². The first-order chi connectivity index (χ1) is 16.3. The van der Waals surface area contributed by atoms with Crippen LogP contribution >= 0.6 is 0 Å². The van der Waals surface area contributed by atoms with E-state index in [0.29, 0.717) is 23.6 Å². The molecule has 176 valence electrons. The summed E-state index contributed by atoms with van der Waals surface area (Å²) >= 11 is 0. The van der Waals surface area contributed by atoms with Crippen molar-refractivity contribution in [3.63, 3.8) is 0 Å². The zero-order valence-corrected chi connectivity index (χ0v) is 19.0. The number of carbonyl (C=O) groups excluding carboxylic acids is 1. The van der Waals surface area contributed by atoms with Crippen LogP contribution in [0, 0.1) is 10.1 Å². The Kier molecular flexibility index (Phi) is 7.93. The molecule has 3 aromatic carbocycles. The first-order valence-electron chi connectivity index (χ1n) is 10.2. The van der Waals surface area contributed by atoms with E-state index in [1.54, 1.807) is 48.5 Å². The van der Waals surface area contributed by atoms with Crippen LogP contribution in [0.15, 0.2) is 88.9 Å². The topological polar surface area (TPSA) is 131 Å². The predicted octanol–water partition coefficient (Wildman–Crippen LogP) is 3.34. The van der Waals surface area contributed by atoms with E-state index < -0.39 is 27.4 Å². The summed E-state index contributed by atoms with van der Waals surface area (Å²) in [5, 5.41) is 14.7. The minimum atomic E-state index is -4.08. The van der Waals surface area contributed by atoms with Crippen LogP contribution in [-0.2, 0) is 14.8 Å². The number of nitro benzene ring substituents is 1. The molecule has 0 aliphatic carbocycles. The molecule has 0 atom stereocenters. The van der Waals surface area contributed by atoms with Crippen molar-refractivity contribution in [2.75, 3.05) is 17.5 Å². The highest BCUT2D eigenvalue weighted by Gasteiger charge is 2.27. The van der Waals surface area contributed by atoms with Crippen LogP contribution in [0.5, 0.6) is 5.75 Å². The van der Waals surface area contributed by atoms with Gasteiger partial charge in [0.05, 0.1) is 28.3 Å². The maximum Gasteiger partial charge on any atom is 0.270 e. The number of hydrogen-bond acceptors (Lipinski definition) is 7. The van der Waals surface area contributed by atoms with E-state index in [1.807, 2.05) is 6.92 Å². The number of nitrogens with zero attached hydrogens (tertiary/aromatic N) is 3. The number of nitro groups is 1. The van der Waals surface area contributed by atoms with Gasteiger partial charge in [-0.05, 0) is 43.3 Å². The highest BCUT2D eigenvalue weighted by molar-refractivity contribution is 7.92. The molecule has 0 heterocycles. The molecule has 0 radical (unpaired) electrons. The summed E-state index contributed by atoms with van der Waals surface area (Å²) in [4.78, 5) is 22.9. The zero-order chi connectivity index (χ0) is 24.6. The number of hydrogen-bond donors (Lipinski definition) is 1. The zero-order valence-electron chi connectivity index (χ0n) is 18.2. The third-order valence-electron chi connectivity index (χ3n) is 4.54. The molecule has 0 saturated heterocycles. The molecule has 10 nitrogen and oxygen atoms in total. The standard InChI is InChI=1S/C23H22N4O6S/c1-2-33-21-11-13-22(14-12-21)34(31,32)26(19-8-4-3-5-9-19)17-23(28)25-24-16-18-7-6-10-20(15-18)27(29)30/h3-16H,2,17H2,1H3,(H,25,28)/b24-16-. The van der Waals surface area contributed by atoms with Gasteiger partial charge in [-0.2, -0.15) is 5.10 Å². The van der Waals surface area contributed by atoms with Gasteiger partial charge in [0.1, 0.15) is 12.3 Å². The Morgan fingerprint density at radius 1 is 1.09 bits per heavy atom. The van der Waals surface area contributed by atoms with Gasteiger partial charge in [0, 0.05) is 17.7 Å². The molecule has 3 aromatic rings. The number of nitrogens with one attached hydrogen (secondary N) is 1. The van der Waals surface area contributed by atoms with Gasteiger partial charge < -0.3 is 4.74 Å². The van der Waals surface area contributed by atoms with Crippen molar-refractivity contribution in [2.45, 2.75) is 11.8 Å². The van der Waals surface area contributed by atoms with Crippen LogP contribution in [0.2, 0.25) is 0 Å². The number of amides is 1. The molecule has 1 amide bonds. The van der Waals surface area contributed by atoms with Crippen molar-refractivity contribution in [2.24, 2.45) is 5.10 Å². The Morgan fingerprint density at radius 3 is 2.44 bits per heavy atom. The van der Waals surface area contributed by atoms with E-state index >= 15 is 0 Å². The van der Waals surface area contributed by atoms with E-state index in [1.165, 1.54) is 36.5 Å². The lowest BCUT2D eigenvalue weighted by atomic mass is 10.2. The largest absolute Gasteiger partial charge is 0.494 e. The average molecular weight is 483 g/mol. The summed E-state index contributed by atoms with van der Waals surface area (Å²) in [5.74, 6) is -0.166. The molecule has 0 aliphatic heterocycles. The fraction of sp³-hybridized carbons (Fsp3) is 0.130. The lowest BCUT2D eigenvalue weighted by Gasteiger charge is -2.23. The van der Waals surface area contributed by atoms with Crippen LogP contribution in [-0.4, -0.2) is 38.6 Å². The van der Waals surface area contributed by atoms with E-state index in [0.717, 1.165) is 4.31 Å². The second-order valence-corrected chi connectivity index (χ2v) is 8.76. The van der Waals surface area contributed by atoms with Crippen molar-refractivity contribution in [1.82, 2.24) is 5.43 Å². The van der Waals surface area contributed by atoms with Crippen LogP contribution in [0.3, 0.4) is 0 Å².